The Labute approximate surface area is 82.8 Å². The number of aromatic nitrogens is 1. The van der Waals surface area contributed by atoms with Crippen LogP contribution in [0.15, 0.2) is 30.3 Å². The van der Waals surface area contributed by atoms with Crippen molar-refractivity contribution in [2.75, 3.05) is 0 Å². The Morgan fingerprint density at radius 1 is 1.36 bits per heavy atom. The first-order valence-electron chi connectivity index (χ1n) is 5.00. The lowest BCUT2D eigenvalue weighted by molar-refractivity contribution is 0.0593. The van der Waals surface area contributed by atoms with Crippen molar-refractivity contribution in [1.82, 2.24) is 4.57 Å². The molecular weight excluding hydrogens is 174 g/mol. The zero-order valence-corrected chi connectivity index (χ0v) is 8.20. The van der Waals surface area contributed by atoms with Gasteiger partial charge in [-0.2, -0.15) is 0 Å². The molecule has 72 valence electrons. The Morgan fingerprint density at radius 3 is 3.00 bits per heavy atom. The Morgan fingerprint density at radius 2 is 2.14 bits per heavy atom. The Hall–Kier alpha value is -1.28. The van der Waals surface area contributed by atoms with Crippen LogP contribution in [-0.4, -0.2) is 9.67 Å². The summed E-state index contributed by atoms with van der Waals surface area (Å²) in [7, 11) is 0. The molecule has 2 heterocycles. The van der Waals surface area contributed by atoms with E-state index in [0.717, 1.165) is 18.7 Å². The highest BCUT2D eigenvalue weighted by Gasteiger charge is 2.33. The van der Waals surface area contributed by atoms with Gasteiger partial charge in [-0.25, -0.2) is 0 Å². The molecule has 1 aliphatic rings. The molecule has 0 saturated heterocycles. The van der Waals surface area contributed by atoms with Gasteiger partial charge in [-0.3, -0.25) is 0 Å². The van der Waals surface area contributed by atoms with Gasteiger partial charge in [0.05, 0.1) is 5.69 Å². The number of hydrogen-bond donors (Lipinski definition) is 1. The quantitative estimate of drug-likeness (QED) is 0.672. The highest BCUT2D eigenvalue weighted by molar-refractivity contribution is 5.81. The van der Waals surface area contributed by atoms with Crippen molar-refractivity contribution in [1.29, 1.82) is 0 Å². The lowest BCUT2D eigenvalue weighted by Crippen LogP contribution is -2.16. The van der Waals surface area contributed by atoms with E-state index in [-0.39, 0.29) is 0 Å². The number of benzene rings is 1. The summed E-state index contributed by atoms with van der Waals surface area (Å²) in [5, 5.41) is 11.4. The summed E-state index contributed by atoms with van der Waals surface area (Å²) in [5.74, 6) is 0. The van der Waals surface area contributed by atoms with Gasteiger partial charge in [0.1, 0.15) is 5.60 Å². The van der Waals surface area contributed by atoms with E-state index in [1.165, 1.54) is 10.9 Å². The molecule has 1 aromatic carbocycles. The summed E-state index contributed by atoms with van der Waals surface area (Å²) in [6.07, 6.45) is 0.827. The Bertz CT molecular complexity index is 496. The molecule has 0 radical (unpaired) electrons. The summed E-state index contributed by atoms with van der Waals surface area (Å²) in [5.41, 5.74) is 1.65. The minimum absolute atomic E-state index is 0.640. The normalized spacial score (nSPS) is 25.6. The van der Waals surface area contributed by atoms with Gasteiger partial charge in [0.2, 0.25) is 0 Å². The monoisotopic (exact) mass is 187 g/mol. The molecule has 2 nitrogen and oxygen atoms in total. The molecule has 0 amide bonds. The summed E-state index contributed by atoms with van der Waals surface area (Å²) in [6.45, 7) is 2.82. The number of rotatable bonds is 0. The van der Waals surface area contributed by atoms with Crippen molar-refractivity contribution in [2.24, 2.45) is 0 Å². The molecule has 0 aliphatic carbocycles. The molecule has 1 unspecified atom stereocenters. The van der Waals surface area contributed by atoms with E-state index in [4.69, 9.17) is 0 Å². The average molecular weight is 187 g/mol. The number of aryl methyl sites for hydroxylation is 1. The number of aliphatic hydroxyl groups is 1. The minimum atomic E-state index is -0.640. The van der Waals surface area contributed by atoms with Gasteiger partial charge in [0.25, 0.3) is 0 Å². The minimum Gasteiger partial charge on any atom is -0.384 e. The van der Waals surface area contributed by atoms with Crippen LogP contribution in [0.25, 0.3) is 10.9 Å². The summed E-state index contributed by atoms with van der Waals surface area (Å²) in [6, 6.07) is 10.4. The van der Waals surface area contributed by atoms with Gasteiger partial charge in [-0.15, -0.1) is 0 Å². The predicted octanol–water partition coefficient (Wildman–Crippen LogP) is 2.25. The van der Waals surface area contributed by atoms with Crippen molar-refractivity contribution < 1.29 is 5.11 Å². The van der Waals surface area contributed by atoms with Crippen molar-refractivity contribution in [3.05, 3.63) is 36.0 Å². The topological polar surface area (TPSA) is 25.2 Å². The fourth-order valence-electron chi connectivity index (χ4n) is 2.36. The molecule has 3 rings (SSSR count). The Kier molecular flexibility index (Phi) is 1.38. The SMILES string of the molecule is CC1(O)CCn2c1cc1ccccc12. The lowest BCUT2D eigenvalue weighted by atomic mass is 10.0. The highest BCUT2D eigenvalue weighted by Crippen LogP contribution is 2.36. The smallest absolute Gasteiger partial charge is 0.103 e. The van der Waals surface area contributed by atoms with Crippen molar-refractivity contribution in [3.63, 3.8) is 0 Å². The van der Waals surface area contributed by atoms with Crippen LogP contribution in [0.3, 0.4) is 0 Å². The van der Waals surface area contributed by atoms with Crippen LogP contribution < -0.4 is 0 Å². The maximum Gasteiger partial charge on any atom is 0.103 e. The fraction of sp³-hybridized carbons (Fsp3) is 0.333. The van der Waals surface area contributed by atoms with E-state index in [9.17, 15) is 5.11 Å². The van der Waals surface area contributed by atoms with E-state index < -0.39 is 5.60 Å². The zero-order valence-electron chi connectivity index (χ0n) is 8.20. The number of nitrogens with zero attached hydrogens (tertiary/aromatic N) is 1. The first-order chi connectivity index (χ1) is 6.68. The van der Waals surface area contributed by atoms with E-state index in [1.807, 2.05) is 19.1 Å². The van der Waals surface area contributed by atoms with E-state index in [0.29, 0.717) is 0 Å². The average Bonchev–Trinajstić information content (AvgIpc) is 2.65. The van der Waals surface area contributed by atoms with Crippen LogP contribution in [0.4, 0.5) is 0 Å². The third-order valence-electron chi connectivity index (χ3n) is 3.18. The maximum absolute atomic E-state index is 10.1. The molecule has 1 N–H and O–H groups in total. The second-order valence-corrected chi connectivity index (χ2v) is 4.26. The number of para-hydroxylation sites is 1. The van der Waals surface area contributed by atoms with Gasteiger partial charge in [-0.05, 0) is 30.9 Å². The predicted molar refractivity (Wildman–Crippen MR) is 56.1 cm³/mol. The van der Waals surface area contributed by atoms with Crippen LogP contribution in [0.5, 0.6) is 0 Å². The summed E-state index contributed by atoms with van der Waals surface area (Å²) < 4.78 is 2.22. The van der Waals surface area contributed by atoms with Gasteiger partial charge >= 0.3 is 0 Å². The van der Waals surface area contributed by atoms with E-state index in [2.05, 4.69) is 22.8 Å². The van der Waals surface area contributed by atoms with Crippen molar-refractivity contribution in [2.45, 2.75) is 25.5 Å². The third-order valence-corrected chi connectivity index (χ3v) is 3.18. The van der Waals surface area contributed by atoms with Gasteiger partial charge in [0, 0.05) is 12.1 Å². The molecule has 0 bridgehead atoms. The molecule has 2 aromatic rings. The second-order valence-electron chi connectivity index (χ2n) is 4.26. The Balaban J connectivity index is 2.37. The standard InChI is InChI=1S/C12H13NO/c1-12(14)6-7-13-10-5-3-2-4-9(10)8-11(12)13/h2-5,8,14H,6-7H2,1H3. The third kappa shape index (κ3) is 0.891. The molecule has 1 atom stereocenters. The van der Waals surface area contributed by atoms with Crippen LogP contribution >= 0.6 is 0 Å². The van der Waals surface area contributed by atoms with Crippen LogP contribution in [0.2, 0.25) is 0 Å². The first kappa shape index (κ1) is 8.06. The van der Waals surface area contributed by atoms with E-state index >= 15 is 0 Å². The number of hydrogen-bond acceptors (Lipinski definition) is 1. The largest absolute Gasteiger partial charge is 0.384 e. The van der Waals surface area contributed by atoms with Crippen LogP contribution in [-0.2, 0) is 12.1 Å². The number of fused-ring (bicyclic) bond motifs is 3. The molecule has 1 aliphatic heterocycles. The molecule has 14 heavy (non-hydrogen) atoms. The van der Waals surface area contributed by atoms with Gasteiger partial charge < -0.3 is 9.67 Å². The van der Waals surface area contributed by atoms with Gasteiger partial charge in [-0.1, -0.05) is 18.2 Å². The molecule has 0 fully saturated rings. The second kappa shape index (κ2) is 2.39. The molecule has 1 aromatic heterocycles. The lowest BCUT2D eigenvalue weighted by Gasteiger charge is -2.14. The van der Waals surface area contributed by atoms with E-state index in [1.54, 1.807) is 0 Å². The first-order valence-corrected chi connectivity index (χ1v) is 5.00. The molecule has 0 saturated carbocycles. The zero-order chi connectivity index (χ0) is 9.76. The van der Waals surface area contributed by atoms with Crippen molar-refractivity contribution in [3.8, 4) is 0 Å². The molecule has 2 heteroatoms. The fourth-order valence-corrected chi connectivity index (χ4v) is 2.36. The highest BCUT2D eigenvalue weighted by atomic mass is 16.3. The summed E-state index contributed by atoms with van der Waals surface area (Å²) in [4.78, 5) is 0. The van der Waals surface area contributed by atoms with Crippen LogP contribution in [0.1, 0.15) is 19.0 Å². The van der Waals surface area contributed by atoms with Gasteiger partial charge in [0.15, 0.2) is 0 Å². The molecule has 0 spiro atoms. The van der Waals surface area contributed by atoms with Crippen molar-refractivity contribution >= 4 is 10.9 Å². The molecular formula is C12H13NO. The maximum atomic E-state index is 10.1. The van der Waals surface area contributed by atoms with Crippen LogP contribution in [0, 0.1) is 0 Å². The summed E-state index contributed by atoms with van der Waals surface area (Å²) >= 11 is 0.